The molecule has 1 amide bonds. The smallest absolute Gasteiger partial charge is 0.345 e. The van der Waals surface area contributed by atoms with Gasteiger partial charge in [0.2, 0.25) is 0 Å². The summed E-state index contributed by atoms with van der Waals surface area (Å²) in [7, 11) is 0. The minimum atomic E-state index is -0.877. The highest BCUT2D eigenvalue weighted by Gasteiger charge is 2.44. The number of carbonyl (C=O) groups is 2. The second-order valence-corrected chi connectivity index (χ2v) is 8.74. The number of hydrogen-bond donors (Lipinski definition) is 1. The Hall–Kier alpha value is -2.12. The Morgan fingerprint density at radius 3 is 2.74 bits per heavy atom. The third-order valence-electron chi connectivity index (χ3n) is 5.98. The van der Waals surface area contributed by atoms with Crippen LogP contribution in [0.1, 0.15) is 62.3 Å². The van der Waals surface area contributed by atoms with Gasteiger partial charge in [-0.25, -0.2) is 4.79 Å². The van der Waals surface area contributed by atoms with Gasteiger partial charge in [-0.3, -0.25) is 4.79 Å². The molecule has 4 heterocycles. The number of likely N-dealkylation sites (tertiary alicyclic amines) is 1. The van der Waals surface area contributed by atoms with Gasteiger partial charge in [0, 0.05) is 30.2 Å². The fourth-order valence-corrected chi connectivity index (χ4v) is 5.63. The Morgan fingerprint density at radius 2 is 2.04 bits per heavy atom. The average Bonchev–Trinajstić information content (AvgIpc) is 3.21. The molecule has 1 saturated heterocycles. The number of carboxylic acids is 1. The van der Waals surface area contributed by atoms with E-state index in [1.807, 2.05) is 23.2 Å². The minimum Gasteiger partial charge on any atom is -0.477 e. The number of nitrogens with zero attached hydrogens (tertiary/aromatic N) is 2. The molecule has 2 aromatic heterocycles. The molecule has 2 fully saturated rings. The number of aromatic carboxylic acids is 1. The second kappa shape index (κ2) is 6.21. The number of piperidine rings is 1. The zero-order valence-electron chi connectivity index (χ0n) is 15.0. The number of rotatable bonds is 3. The van der Waals surface area contributed by atoms with Gasteiger partial charge in [0.25, 0.3) is 5.91 Å². The van der Waals surface area contributed by atoms with Crippen molar-refractivity contribution in [1.29, 1.82) is 0 Å². The van der Waals surface area contributed by atoms with E-state index in [4.69, 9.17) is 4.74 Å². The van der Waals surface area contributed by atoms with E-state index in [-0.39, 0.29) is 5.91 Å². The molecule has 5 rings (SSSR count). The summed E-state index contributed by atoms with van der Waals surface area (Å²) in [5, 5.41) is 9.33. The Bertz CT molecular complexity index is 903. The van der Waals surface area contributed by atoms with Crippen LogP contribution in [0.25, 0.3) is 0 Å². The van der Waals surface area contributed by atoms with Crippen molar-refractivity contribution in [2.24, 2.45) is 0 Å². The van der Waals surface area contributed by atoms with Gasteiger partial charge in [-0.05, 0) is 55.9 Å². The van der Waals surface area contributed by atoms with E-state index >= 15 is 0 Å². The van der Waals surface area contributed by atoms with Crippen LogP contribution in [0, 0.1) is 0 Å². The van der Waals surface area contributed by atoms with Crippen LogP contribution >= 0.6 is 11.3 Å². The highest BCUT2D eigenvalue weighted by molar-refractivity contribution is 7.14. The summed E-state index contributed by atoms with van der Waals surface area (Å²) in [6, 6.07) is 6.15. The van der Waals surface area contributed by atoms with Gasteiger partial charge in [-0.1, -0.05) is 0 Å². The van der Waals surface area contributed by atoms with Crippen molar-refractivity contribution >= 4 is 23.2 Å². The first-order valence-electron chi connectivity index (χ1n) is 9.54. The van der Waals surface area contributed by atoms with Gasteiger partial charge in [-0.15, -0.1) is 11.3 Å². The number of thiophene rings is 1. The number of carbonyl (C=O) groups excluding carboxylic acids is 1. The van der Waals surface area contributed by atoms with E-state index in [2.05, 4.69) is 4.57 Å². The zero-order valence-corrected chi connectivity index (χ0v) is 15.8. The number of carboxylic acid groups (broad SMARTS) is 1. The summed E-state index contributed by atoms with van der Waals surface area (Å²) >= 11 is 1.34. The maximum absolute atomic E-state index is 13.0. The van der Waals surface area contributed by atoms with Crippen molar-refractivity contribution in [2.75, 3.05) is 19.7 Å². The number of amides is 1. The predicted octanol–water partition coefficient (Wildman–Crippen LogP) is 3.29. The summed E-state index contributed by atoms with van der Waals surface area (Å²) in [5.41, 5.74) is 1.45. The first-order valence-corrected chi connectivity index (χ1v) is 10.4. The van der Waals surface area contributed by atoms with E-state index in [0.29, 0.717) is 30.6 Å². The Labute approximate surface area is 161 Å². The number of aromatic nitrogens is 1. The SMILES string of the molecule is O=C(O)c1cc2c(s1)C1(CCN(C(=O)c3cccn3C3CC3)CC1)OCC2. The van der Waals surface area contributed by atoms with Crippen molar-refractivity contribution in [1.82, 2.24) is 9.47 Å². The molecule has 27 heavy (non-hydrogen) atoms. The molecule has 2 aliphatic heterocycles. The van der Waals surface area contributed by atoms with Crippen molar-refractivity contribution in [3.05, 3.63) is 45.4 Å². The van der Waals surface area contributed by atoms with E-state index in [9.17, 15) is 14.7 Å². The molecule has 0 radical (unpaired) electrons. The molecule has 0 aromatic carbocycles. The first-order chi connectivity index (χ1) is 13.1. The number of ether oxygens (including phenoxy) is 1. The number of fused-ring (bicyclic) bond motifs is 2. The third kappa shape index (κ3) is 2.80. The van der Waals surface area contributed by atoms with Gasteiger partial charge >= 0.3 is 5.97 Å². The second-order valence-electron chi connectivity index (χ2n) is 7.69. The summed E-state index contributed by atoms with van der Waals surface area (Å²) in [5.74, 6) is -0.784. The van der Waals surface area contributed by atoms with Gasteiger partial charge in [0.15, 0.2) is 0 Å². The van der Waals surface area contributed by atoms with Crippen molar-refractivity contribution in [3.8, 4) is 0 Å². The molecule has 1 N–H and O–H groups in total. The molecule has 0 bridgehead atoms. The monoisotopic (exact) mass is 386 g/mol. The molecule has 7 heteroatoms. The van der Waals surface area contributed by atoms with Crippen molar-refractivity contribution in [3.63, 3.8) is 0 Å². The van der Waals surface area contributed by atoms with Gasteiger partial charge in [-0.2, -0.15) is 0 Å². The van der Waals surface area contributed by atoms with Crippen LogP contribution in [0.3, 0.4) is 0 Å². The molecule has 1 spiro atoms. The fraction of sp³-hybridized carbons (Fsp3) is 0.500. The quantitative estimate of drug-likeness (QED) is 0.879. The number of hydrogen-bond acceptors (Lipinski definition) is 4. The molecule has 3 aliphatic rings. The van der Waals surface area contributed by atoms with Gasteiger partial charge < -0.3 is 19.3 Å². The molecule has 1 saturated carbocycles. The van der Waals surface area contributed by atoms with Crippen molar-refractivity contribution in [2.45, 2.75) is 43.7 Å². The average molecular weight is 386 g/mol. The lowest BCUT2D eigenvalue weighted by atomic mass is 9.85. The van der Waals surface area contributed by atoms with Crippen LogP contribution in [0.5, 0.6) is 0 Å². The van der Waals surface area contributed by atoms with Crippen LogP contribution in [-0.4, -0.2) is 46.1 Å². The van der Waals surface area contributed by atoms with Crippen molar-refractivity contribution < 1.29 is 19.4 Å². The Kier molecular flexibility index (Phi) is 3.91. The largest absolute Gasteiger partial charge is 0.477 e. The van der Waals surface area contributed by atoms with E-state index in [0.717, 1.165) is 48.2 Å². The summed E-state index contributed by atoms with van der Waals surface area (Å²) in [6.07, 6.45) is 6.51. The Morgan fingerprint density at radius 1 is 1.26 bits per heavy atom. The lowest BCUT2D eigenvalue weighted by molar-refractivity contribution is -0.0906. The third-order valence-corrected chi connectivity index (χ3v) is 7.33. The lowest BCUT2D eigenvalue weighted by Crippen LogP contribution is -2.48. The standard InChI is InChI=1S/C20H22N2O4S/c23-18(15-2-1-8-22(15)14-3-4-14)21-9-6-20(7-10-21)17-13(5-11-26-20)12-16(27-17)19(24)25/h1-2,8,12,14H,3-7,9-11H2,(H,24,25). The van der Waals surface area contributed by atoms with E-state index < -0.39 is 11.6 Å². The van der Waals surface area contributed by atoms with E-state index in [1.54, 1.807) is 6.07 Å². The van der Waals surface area contributed by atoms with Crippen LogP contribution < -0.4 is 0 Å². The highest BCUT2D eigenvalue weighted by atomic mass is 32.1. The van der Waals surface area contributed by atoms with Gasteiger partial charge in [0.1, 0.15) is 16.2 Å². The lowest BCUT2D eigenvalue weighted by Gasteiger charge is -2.43. The zero-order chi connectivity index (χ0) is 18.6. The molecule has 1 aliphatic carbocycles. The molecule has 0 atom stereocenters. The summed E-state index contributed by atoms with van der Waals surface area (Å²) in [4.78, 5) is 27.7. The maximum atomic E-state index is 13.0. The molecule has 2 aromatic rings. The molecule has 0 unspecified atom stereocenters. The van der Waals surface area contributed by atoms with Crippen LogP contribution in [0.2, 0.25) is 0 Å². The Balaban J connectivity index is 1.35. The van der Waals surface area contributed by atoms with Crippen LogP contribution in [0.15, 0.2) is 24.4 Å². The fourth-order valence-electron chi connectivity index (χ4n) is 4.38. The topological polar surface area (TPSA) is 71.8 Å². The van der Waals surface area contributed by atoms with Crippen LogP contribution in [0.4, 0.5) is 0 Å². The van der Waals surface area contributed by atoms with Gasteiger partial charge in [0.05, 0.1) is 6.61 Å². The normalized spacial score (nSPS) is 21.3. The molecular weight excluding hydrogens is 364 g/mol. The highest BCUT2D eigenvalue weighted by Crippen LogP contribution is 2.45. The summed E-state index contributed by atoms with van der Waals surface area (Å²) < 4.78 is 8.30. The molecule has 142 valence electrons. The molecular formula is C20H22N2O4S. The maximum Gasteiger partial charge on any atom is 0.345 e. The summed E-state index contributed by atoms with van der Waals surface area (Å²) in [6.45, 7) is 1.88. The van der Waals surface area contributed by atoms with Crippen LogP contribution in [-0.2, 0) is 16.8 Å². The first kappa shape index (κ1) is 17.0. The molecule has 6 nitrogen and oxygen atoms in total. The predicted molar refractivity (Wildman–Crippen MR) is 100 cm³/mol. The minimum absolute atomic E-state index is 0.0928. The van der Waals surface area contributed by atoms with E-state index in [1.165, 1.54) is 11.3 Å².